The van der Waals surface area contributed by atoms with Gasteiger partial charge < -0.3 is 20.4 Å². The van der Waals surface area contributed by atoms with Gasteiger partial charge in [0.05, 0.1) is 5.56 Å². The Kier molecular flexibility index (Phi) is 6.28. The van der Waals surface area contributed by atoms with Crippen LogP contribution in [0.25, 0.3) is 11.4 Å². The maximum Gasteiger partial charge on any atom is 0.249 e. The highest BCUT2D eigenvalue weighted by atomic mass is 32.1. The van der Waals surface area contributed by atoms with Gasteiger partial charge in [-0.15, -0.1) is 0 Å². The van der Waals surface area contributed by atoms with Crippen LogP contribution >= 0.6 is 11.5 Å². The molecule has 1 atom stereocenters. The molecule has 1 amide bonds. The van der Waals surface area contributed by atoms with Crippen LogP contribution in [0.3, 0.4) is 0 Å². The second-order valence-corrected chi connectivity index (χ2v) is 8.01. The fraction of sp³-hybridized carbons (Fsp3) is 0.526. The predicted octanol–water partition coefficient (Wildman–Crippen LogP) is 2.26. The van der Waals surface area contributed by atoms with Crippen molar-refractivity contribution in [3.8, 4) is 17.1 Å². The average molecular weight is 391 g/mol. The highest BCUT2D eigenvalue weighted by Gasteiger charge is 2.24. The zero-order chi connectivity index (χ0) is 19.4. The molecule has 1 aromatic carbocycles. The Morgan fingerprint density at radius 2 is 2.04 bits per heavy atom. The number of aromatic hydroxyl groups is 1. The molecule has 27 heavy (non-hydrogen) atoms. The number of carbonyl (C=O) groups excluding carboxylic acids is 1. The van der Waals surface area contributed by atoms with Crippen LogP contribution in [0.2, 0.25) is 0 Å². The van der Waals surface area contributed by atoms with Crippen LogP contribution in [0.15, 0.2) is 24.3 Å². The number of phenolic OH excluding ortho intramolecular Hbond substituents is 1. The minimum Gasteiger partial charge on any atom is -0.507 e. The van der Waals surface area contributed by atoms with Gasteiger partial charge in [-0.25, -0.2) is 0 Å². The number of aliphatic hydroxyl groups is 1. The number of piperidine rings is 1. The van der Waals surface area contributed by atoms with Crippen LogP contribution in [-0.2, 0) is 4.79 Å². The van der Waals surface area contributed by atoms with Crippen molar-refractivity contribution in [2.45, 2.75) is 32.8 Å². The van der Waals surface area contributed by atoms with E-state index in [1.165, 1.54) is 11.5 Å². The Hall–Kier alpha value is -2.19. The largest absolute Gasteiger partial charge is 0.507 e. The molecule has 1 fully saturated rings. The molecule has 8 heteroatoms. The summed E-state index contributed by atoms with van der Waals surface area (Å²) in [5.74, 6) is 0.756. The van der Waals surface area contributed by atoms with E-state index < -0.39 is 6.10 Å². The second kappa shape index (κ2) is 8.67. The first-order valence-corrected chi connectivity index (χ1v) is 10.1. The lowest BCUT2D eigenvalue weighted by Gasteiger charge is -2.31. The molecule has 2 heterocycles. The van der Waals surface area contributed by atoms with Gasteiger partial charge in [-0.05, 0) is 36.8 Å². The van der Waals surface area contributed by atoms with Crippen molar-refractivity contribution in [2.75, 3.05) is 24.5 Å². The number of aromatic nitrogens is 2. The Morgan fingerprint density at radius 3 is 2.70 bits per heavy atom. The van der Waals surface area contributed by atoms with Gasteiger partial charge in [-0.2, -0.15) is 9.36 Å². The fourth-order valence-electron chi connectivity index (χ4n) is 3.10. The number of nitrogens with zero attached hydrogens (tertiary/aromatic N) is 3. The van der Waals surface area contributed by atoms with Crippen molar-refractivity contribution in [3.05, 3.63) is 24.3 Å². The number of anilines is 1. The number of benzene rings is 1. The highest BCUT2D eigenvalue weighted by Crippen LogP contribution is 2.31. The van der Waals surface area contributed by atoms with Crippen LogP contribution in [0.1, 0.15) is 26.7 Å². The topological polar surface area (TPSA) is 98.6 Å². The van der Waals surface area contributed by atoms with E-state index in [1.54, 1.807) is 12.1 Å². The summed E-state index contributed by atoms with van der Waals surface area (Å²) in [6.45, 7) is 5.95. The quantitative estimate of drug-likeness (QED) is 0.700. The molecular formula is C19H26N4O3S. The maximum absolute atomic E-state index is 11.9. The van der Waals surface area contributed by atoms with Crippen molar-refractivity contribution in [2.24, 2.45) is 11.8 Å². The SMILES string of the molecule is CC(C)[C@@H](O)C(=O)NCC1CCN(c2nc(-c3ccccc3O)ns2)CC1. The smallest absolute Gasteiger partial charge is 0.249 e. The fourth-order valence-corrected chi connectivity index (χ4v) is 3.83. The summed E-state index contributed by atoms with van der Waals surface area (Å²) in [6, 6.07) is 7.06. The van der Waals surface area contributed by atoms with E-state index in [0.717, 1.165) is 31.1 Å². The lowest BCUT2D eigenvalue weighted by Crippen LogP contribution is -2.42. The zero-order valence-electron chi connectivity index (χ0n) is 15.6. The van der Waals surface area contributed by atoms with E-state index in [4.69, 9.17) is 0 Å². The zero-order valence-corrected chi connectivity index (χ0v) is 16.4. The summed E-state index contributed by atoms with van der Waals surface area (Å²) in [7, 11) is 0. The normalized spacial score (nSPS) is 16.5. The van der Waals surface area contributed by atoms with Crippen LogP contribution < -0.4 is 10.2 Å². The monoisotopic (exact) mass is 390 g/mol. The molecule has 1 saturated heterocycles. The lowest BCUT2D eigenvalue weighted by molar-refractivity contribution is -0.131. The number of amides is 1. The van der Waals surface area contributed by atoms with Crippen molar-refractivity contribution >= 4 is 22.6 Å². The summed E-state index contributed by atoms with van der Waals surface area (Å²) in [5, 5.41) is 23.4. The molecule has 1 aliphatic rings. The Morgan fingerprint density at radius 1 is 1.33 bits per heavy atom. The van der Waals surface area contributed by atoms with Crippen molar-refractivity contribution in [1.82, 2.24) is 14.7 Å². The van der Waals surface area contributed by atoms with Crippen LogP contribution in [0.5, 0.6) is 5.75 Å². The summed E-state index contributed by atoms with van der Waals surface area (Å²) < 4.78 is 4.38. The number of carbonyl (C=O) groups is 1. The van der Waals surface area contributed by atoms with Crippen LogP contribution in [0, 0.1) is 11.8 Å². The van der Waals surface area contributed by atoms with E-state index in [2.05, 4.69) is 19.6 Å². The van der Waals surface area contributed by atoms with Gasteiger partial charge in [0.1, 0.15) is 11.9 Å². The van der Waals surface area contributed by atoms with E-state index in [9.17, 15) is 15.0 Å². The van der Waals surface area contributed by atoms with Crippen molar-refractivity contribution in [3.63, 3.8) is 0 Å². The first-order chi connectivity index (χ1) is 13.0. The molecule has 2 aromatic rings. The molecule has 0 bridgehead atoms. The molecule has 3 rings (SSSR count). The highest BCUT2D eigenvalue weighted by molar-refractivity contribution is 7.09. The molecule has 0 radical (unpaired) electrons. The van der Waals surface area contributed by atoms with Gasteiger partial charge in [0.15, 0.2) is 5.82 Å². The second-order valence-electron chi connectivity index (χ2n) is 7.28. The molecule has 146 valence electrons. The van der Waals surface area contributed by atoms with Crippen LogP contribution in [0.4, 0.5) is 5.13 Å². The minimum absolute atomic E-state index is 0.0810. The average Bonchev–Trinajstić information content (AvgIpc) is 3.16. The number of rotatable bonds is 6. The molecule has 0 aliphatic carbocycles. The van der Waals surface area contributed by atoms with Gasteiger partial charge in [0.25, 0.3) is 0 Å². The maximum atomic E-state index is 11.9. The van der Waals surface area contributed by atoms with Gasteiger partial charge in [-0.3, -0.25) is 4.79 Å². The molecular weight excluding hydrogens is 364 g/mol. The Bertz CT molecular complexity index is 772. The van der Waals surface area contributed by atoms with Crippen molar-refractivity contribution in [1.29, 1.82) is 0 Å². The summed E-state index contributed by atoms with van der Waals surface area (Å²) in [5.41, 5.74) is 0.640. The van der Waals surface area contributed by atoms with Gasteiger partial charge in [0.2, 0.25) is 11.0 Å². The predicted molar refractivity (Wildman–Crippen MR) is 106 cm³/mol. The van der Waals surface area contributed by atoms with Crippen molar-refractivity contribution < 1.29 is 15.0 Å². The number of nitrogens with one attached hydrogen (secondary N) is 1. The molecule has 3 N–H and O–H groups in total. The first-order valence-electron chi connectivity index (χ1n) is 9.28. The molecule has 0 unspecified atom stereocenters. The Labute approximate surface area is 163 Å². The van der Waals surface area contributed by atoms with Crippen LogP contribution in [-0.4, -0.2) is 51.2 Å². The number of phenols is 1. The number of para-hydroxylation sites is 1. The van der Waals surface area contributed by atoms with E-state index in [0.29, 0.717) is 23.9 Å². The minimum atomic E-state index is -0.945. The number of hydrogen-bond donors (Lipinski definition) is 3. The molecule has 0 saturated carbocycles. The third-order valence-electron chi connectivity index (χ3n) is 4.91. The van der Waals surface area contributed by atoms with E-state index >= 15 is 0 Å². The van der Waals surface area contributed by atoms with E-state index in [1.807, 2.05) is 26.0 Å². The molecule has 7 nitrogen and oxygen atoms in total. The molecule has 0 spiro atoms. The summed E-state index contributed by atoms with van der Waals surface area (Å²) >= 11 is 1.34. The molecule has 1 aliphatic heterocycles. The van der Waals surface area contributed by atoms with Gasteiger partial charge >= 0.3 is 0 Å². The third kappa shape index (κ3) is 4.75. The number of hydrogen-bond acceptors (Lipinski definition) is 7. The first kappa shape index (κ1) is 19.6. The Balaban J connectivity index is 1.51. The van der Waals surface area contributed by atoms with E-state index in [-0.39, 0.29) is 17.6 Å². The standard InChI is InChI=1S/C19H26N4O3S/c1-12(2)16(25)18(26)20-11-13-7-9-23(10-8-13)19-21-17(22-27-19)14-5-3-4-6-15(14)24/h3-6,12-13,16,24-25H,7-11H2,1-2H3,(H,20,26)/t16-/m1/s1. The van der Waals surface area contributed by atoms with Gasteiger partial charge in [0, 0.05) is 31.2 Å². The molecule has 1 aromatic heterocycles. The van der Waals surface area contributed by atoms with Gasteiger partial charge in [-0.1, -0.05) is 26.0 Å². The third-order valence-corrected chi connectivity index (χ3v) is 5.69. The lowest BCUT2D eigenvalue weighted by atomic mass is 9.97. The number of aliphatic hydroxyl groups excluding tert-OH is 1. The summed E-state index contributed by atoms with van der Waals surface area (Å²) in [4.78, 5) is 18.6. The summed E-state index contributed by atoms with van der Waals surface area (Å²) in [6.07, 6.45) is 0.951.